The van der Waals surface area contributed by atoms with E-state index in [1.165, 1.54) is 0 Å². The van der Waals surface area contributed by atoms with Gasteiger partial charge in [-0.15, -0.1) is 10.2 Å². The molecule has 4 aromatic heterocycles. The highest BCUT2D eigenvalue weighted by atomic mass is 16.1. The number of nitrogens with one attached hydrogen (secondary N) is 1. The van der Waals surface area contributed by atoms with Gasteiger partial charge in [0.15, 0.2) is 0 Å². The predicted molar refractivity (Wildman–Crippen MR) is 148 cm³/mol. The Kier molecular flexibility index (Phi) is 6.84. The van der Waals surface area contributed by atoms with E-state index in [9.17, 15) is 4.79 Å². The van der Waals surface area contributed by atoms with Gasteiger partial charge >= 0.3 is 5.69 Å². The first-order chi connectivity index (χ1) is 18.3. The molecule has 0 saturated carbocycles. The highest BCUT2D eigenvalue weighted by Crippen LogP contribution is 2.30. The van der Waals surface area contributed by atoms with Gasteiger partial charge in [0.1, 0.15) is 5.82 Å². The summed E-state index contributed by atoms with van der Waals surface area (Å²) in [6, 6.07) is 12.1. The second-order valence-electron chi connectivity index (χ2n) is 10.7. The van der Waals surface area contributed by atoms with Crippen molar-refractivity contribution in [2.75, 3.05) is 0 Å². The number of aromatic amines is 1. The molecule has 0 saturated heterocycles. The number of hydrogen-bond acceptors (Lipinski definition) is 5. The number of rotatable bonds is 8. The smallest absolute Gasteiger partial charge is 0.334 e. The van der Waals surface area contributed by atoms with Crippen LogP contribution in [0.5, 0.6) is 0 Å². The Morgan fingerprint density at radius 2 is 1.79 bits per heavy atom. The predicted octanol–water partition coefficient (Wildman–Crippen LogP) is 4.91. The third-order valence-corrected chi connectivity index (χ3v) is 6.96. The molecule has 1 N–H and O–H groups in total. The van der Waals surface area contributed by atoms with Gasteiger partial charge in [0, 0.05) is 48.7 Å². The molecule has 5 rings (SSSR count). The first-order valence-corrected chi connectivity index (χ1v) is 13.0. The van der Waals surface area contributed by atoms with Crippen molar-refractivity contribution < 1.29 is 0 Å². The highest BCUT2D eigenvalue weighted by molar-refractivity contribution is 5.70. The van der Waals surface area contributed by atoms with Crippen molar-refractivity contribution >= 4 is 0 Å². The Morgan fingerprint density at radius 3 is 2.47 bits per heavy atom. The lowest BCUT2D eigenvalue weighted by molar-refractivity contribution is 0.581. The van der Waals surface area contributed by atoms with E-state index in [2.05, 4.69) is 59.4 Å². The van der Waals surface area contributed by atoms with E-state index in [0.717, 1.165) is 58.6 Å². The number of imidazole rings is 1. The van der Waals surface area contributed by atoms with E-state index in [1.54, 1.807) is 6.20 Å². The van der Waals surface area contributed by atoms with Crippen LogP contribution in [0.3, 0.4) is 0 Å². The number of pyridine rings is 1. The SMILES string of the molecule is CCCCc1cn(-c2c(C(C)(C)C)ccn2C)c(=O)n1Cc1cnccc1-c1ccc(-c2nn[nH]n2)cc1. The van der Waals surface area contributed by atoms with Gasteiger partial charge in [-0.3, -0.25) is 14.1 Å². The van der Waals surface area contributed by atoms with Gasteiger partial charge in [-0.1, -0.05) is 58.4 Å². The molecule has 4 heterocycles. The first kappa shape index (κ1) is 25.4. The van der Waals surface area contributed by atoms with Crippen LogP contribution in [0.25, 0.3) is 28.3 Å². The van der Waals surface area contributed by atoms with Crippen LogP contribution in [0.2, 0.25) is 0 Å². The summed E-state index contributed by atoms with van der Waals surface area (Å²) in [6.07, 6.45) is 10.6. The molecule has 0 radical (unpaired) electrons. The van der Waals surface area contributed by atoms with Crippen LogP contribution in [-0.4, -0.2) is 39.3 Å². The molecule has 0 spiro atoms. The van der Waals surface area contributed by atoms with Gasteiger partial charge in [0.25, 0.3) is 0 Å². The summed E-state index contributed by atoms with van der Waals surface area (Å²) < 4.78 is 5.77. The number of unbranched alkanes of at least 4 members (excludes halogenated alkanes) is 1. The Bertz CT molecular complexity index is 1580. The van der Waals surface area contributed by atoms with Gasteiger partial charge in [-0.2, -0.15) is 5.21 Å². The quantitative estimate of drug-likeness (QED) is 0.320. The zero-order valence-corrected chi connectivity index (χ0v) is 22.6. The average molecular weight is 511 g/mol. The van der Waals surface area contributed by atoms with Crippen molar-refractivity contribution in [2.24, 2.45) is 7.05 Å². The minimum Gasteiger partial charge on any atom is -0.337 e. The van der Waals surface area contributed by atoms with E-state index < -0.39 is 0 Å². The summed E-state index contributed by atoms with van der Waals surface area (Å²) in [7, 11) is 2.00. The summed E-state index contributed by atoms with van der Waals surface area (Å²) >= 11 is 0. The molecular formula is C29H34N8O. The van der Waals surface area contributed by atoms with Gasteiger partial charge in [0.2, 0.25) is 5.82 Å². The second kappa shape index (κ2) is 10.2. The highest BCUT2D eigenvalue weighted by Gasteiger charge is 2.24. The number of nitrogens with zero attached hydrogens (tertiary/aromatic N) is 7. The summed E-state index contributed by atoms with van der Waals surface area (Å²) in [5, 5.41) is 14.2. The summed E-state index contributed by atoms with van der Waals surface area (Å²) in [5.74, 6) is 1.47. The lowest BCUT2D eigenvalue weighted by atomic mass is 9.88. The minimum absolute atomic E-state index is 0.0364. The van der Waals surface area contributed by atoms with Crippen molar-refractivity contribution in [1.82, 2.24) is 39.3 Å². The fraction of sp³-hybridized carbons (Fsp3) is 0.345. The van der Waals surface area contributed by atoms with Crippen LogP contribution < -0.4 is 5.69 Å². The van der Waals surface area contributed by atoms with Crippen molar-refractivity contribution in [3.8, 4) is 28.3 Å². The monoisotopic (exact) mass is 510 g/mol. The summed E-state index contributed by atoms with van der Waals surface area (Å²) in [6.45, 7) is 9.15. The molecule has 0 amide bonds. The third kappa shape index (κ3) is 4.83. The van der Waals surface area contributed by atoms with Gasteiger partial charge in [-0.05, 0) is 52.3 Å². The standard InChI is InChI=1S/C29H34N8O/c1-6-7-8-23-19-37(27-25(29(2,3)4)14-16-35(27)5)28(38)36(23)18-22-17-30-15-13-24(22)20-9-11-21(12-10-20)26-31-33-34-32-26/h9-17,19H,6-8,18H2,1-5H3,(H,31,32,33,34). The molecule has 1 aromatic carbocycles. The summed E-state index contributed by atoms with van der Waals surface area (Å²) in [5.41, 5.74) is 5.98. The summed E-state index contributed by atoms with van der Waals surface area (Å²) in [4.78, 5) is 18.4. The molecule has 0 aliphatic heterocycles. The molecule has 0 unspecified atom stereocenters. The Balaban J connectivity index is 1.56. The van der Waals surface area contributed by atoms with Crippen molar-refractivity contribution in [2.45, 2.75) is 58.9 Å². The lowest BCUT2D eigenvalue weighted by Gasteiger charge is -2.20. The van der Waals surface area contributed by atoms with Crippen LogP contribution >= 0.6 is 0 Å². The second-order valence-corrected chi connectivity index (χ2v) is 10.7. The Labute approximate surface area is 222 Å². The fourth-order valence-electron chi connectivity index (χ4n) is 4.90. The van der Waals surface area contributed by atoms with E-state index >= 15 is 0 Å². The van der Waals surface area contributed by atoms with E-state index in [1.807, 2.05) is 69.7 Å². The maximum Gasteiger partial charge on any atom is 0.334 e. The number of H-pyrrole nitrogens is 1. The van der Waals surface area contributed by atoms with Crippen molar-refractivity contribution in [3.05, 3.63) is 88.5 Å². The maximum atomic E-state index is 14.0. The molecule has 38 heavy (non-hydrogen) atoms. The lowest BCUT2D eigenvalue weighted by Crippen LogP contribution is -2.27. The number of aryl methyl sites for hydroxylation is 2. The minimum atomic E-state index is -0.0914. The van der Waals surface area contributed by atoms with Crippen LogP contribution in [0.4, 0.5) is 0 Å². The maximum absolute atomic E-state index is 14.0. The number of benzene rings is 1. The first-order valence-electron chi connectivity index (χ1n) is 13.0. The Morgan fingerprint density at radius 1 is 1.03 bits per heavy atom. The van der Waals surface area contributed by atoms with Gasteiger partial charge in [-0.25, -0.2) is 4.79 Å². The topological polar surface area (TPSA) is 99.2 Å². The molecule has 9 nitrogen and oxygen atoms in total. The fourth-order valence-corrected chi connectivity index (χ4v) is 4.90. The zero-order chi connectivity index (χ0) is 26.9. The van der Waals surface area contributed by atoms with Crippen LogP contribution in [-0.2, 0) is 25.4 Å². The van der Waals surface area contributed by atoms with Gasteiger partial charge in [0.05, 0.1) is 6.54 Å². The molecule has 0 aliphatic carbocycles. The molecule has 5 aromatic rings. The van der Waals surface area contributed by atoms with Crippen LogP contribution in [0.15, 0.2) is 66.0 Å². The number of hydrogen-bond donors (Lipinski definition) is 1. The largest absolute Gasteiger partial charge is 0.337 e. The van der Waals surface area contributed by atoms with Crippen molar-refractivity contribution in [3.63, 3.8) is 0 Å². The molecular weight excluding hydrogens is 476 g/mol. The average Bonchev–Trinajstić information content (AvgIpc) is 3.64. The third-order valence-electron chi connectivity index (χ3n) is 6.96. The molecule has 9 heteroatoms. The van der Waals surface area contributed by atoms with Crippen molar-refractivity contribution in [1.29, 1.82) is 0 Å². The van der Waals surface area contributed by atoms with Crippen LogP contribution in [0.1, 0.15) is 57.4 Å². The van der Waals surface area contributed by atoms with Gasteiger partial charge < -0.3 is 4.57 Å². The molecule has 0 atom stereocenters. The number of tetrazole rings is 1. The molecule has 196 valence electrons. The zero-order valence-electron chi connectivity index (χ0n) is 22.6. The van der Waals surface area contributed by atoms with E-state index in [-0.39, 0.29) is 11.1 Å². The Hall–Kier alpha value is -4.27. The number of aromatic nitrogens is 8. The van der Waals surface area contributed by atoms with E-state index in [4.69, 9.17) is 0 Å². The normalized spacial score (nSPS) is 11.8. The molecule has 0 aliphatic rings. The van der Waals surface area contributed by atoms with Crippen LogP contribution in [0, 0.1) is 0 Å². The molecule has 0 fully saturated rings. The van der Waals surface area contributed by atoms with E-state index in [0.29, 0.717) is 12.4 Å². The molecule has 0 bridgehead atoms.